The largest absolute Gasteiger partial charge is 0.465 e. The molecule has 130 valence electrons. The van der Waals surface area contributed by atoms with Crippen LogP contribution in [-0.2, 0) is 9.53 Å². The van der Waals surface area contributed by atoms with Crippen molar-refractivity contribution in [2.45, 2.75) is 31.4 Å². The number of fused-ring (bicyclic) bond motifs is 1. The third kappa shape index (κ3) is 3.97. The number of para-hydroxylation sites is 1. The fourth-order valence-corrected chi connectivity index (χ4v) is 3.27. The summed E-state index contributed by atoms with van der Waals surface area (Å²) in [7, 11) is 0. The number of hydrogen-bond donors (Lipinski definition) is 3. The van der Waals surface area contributed by atoms with E-state index in [4.69, 9.17) is 9.84 Å². The number of carboxylic acid groups (broad SMARTS) is 1. The monoisotopic (exact) mass is 333 g/mol. The van der Waals surface area contributed by atoms with Gasteiger partial charge >= 0.3 is 12.1 Å². The number of esters is 1. The molecule has 2 atom stereocenters. The van der Waals surface area contributed by atoms with Crippen LogP contribution in [0, 0.1) is 0 Å². The van der Waals surface area contributed by atoms with E-state index in [1.165, 1.54) is 4.90 Å². The summed E-state index contributed by atoms with van der Waals surface area (Å²) in [5.74, 6) is -0.290. The van der Waals surface area contributed by atoms with Gasteiger partial charge in [0.1, 0.15) is 6.10 Å². The number of piperazine rings is 1. The lowest BCUT2D eigenvalue weighted by Gasteiger charge is -2.31. The van der Waals surface area contributed by atoms with Gasteiger partial charge in [-0.25, -0.2) is 4.79 Å². The first-order chi connectivity index (χ1) is 11.6. The minimum absolute atomic E-state index is 0.176. The highest BCUT2D eigenvalue weighted by Crippen LogP contribution is 2.32. The summed E-state index contributed by atoms with van der Waals surface area (Å²) < 4.78 is 5.71. The first kappa shape index (κ1) is 16.6. The van der Waals surface area contributed by atoms with Crippen molar-refractivity contribution in [3.8, 4) is 0 Å². The van der Waals surface area contributed by atoms with Crippen LogP contribution in [0.25, 0.3) is 0 Å². The van der Waals surface area contributed by atoms with Crippen LogP contribution in [0.15, 0.2) is 24.3 Å². The van der Waals surface area contributed by atoms with Crippen LogP contribution in [0.1, 0.15) is 30.9 Å². The number of benzene rings is 1. The van der Waals surface area contributed by atoms with Crippen LogP contribution in [-0.4, -0.2) is 54.3 Å². The van der Waals surface area contributed by atoms with E-state index in [9.17, 15) is 9.59 Å². The number of amides is 1. The molecule has 7 nitrogen and oxygen atoms in total. The standard InChI is InChI=1S/C17H23N3O4/c21-16(10-12-11-20(17(22)23)9-8-18-12)24-15-6-3-7-19-14-5-2-1-4-13(14)15/h1-2,4-5,12,15,18-19H,3,6-11H2,(H,22,23). The molecule has 3 rings (SSSR count). The maximum atomic E-state index is 12.3. The number of carbonyl (C=O) groups excluding carboxylic acids is 1. The summed E-state index contributed by atoms with van der Waals surface area (Å²) in [6.07, 6.45) is 0.702. The zero-order valence-corrected chi connectivity index (χ0v) is 13.5. The van der Waals surface area contributed by atoms with Gasteiger partial charge in [-0.3, -0.25) is 4.79 Å². The van der Waals surface area contributed by atoms with Gasteiger partial charge in [-0.1, -0.05) is 18.2 Å². The van der Waals surface area contributed by atoms with Crippen LogP contribution in [0.5, 0.6) is 0 Å². The molecule has 3 N–H and O–H groups in total. The minimum atomic E-state index is -0.946. The topological polar surface area (TPSA) is 90.9 Å². The van der Waals surface area contributed by atoms with Gasteiger partial charge in [0.25, 0.3) is 0 Å². The predicted octanol–water partition coefficient (Wildman–Crippen LogP) is 1.82. The highest BCUT2D eigenvalue weighted by Gasteiger charge is 2.27. The summed E-state index contributed by atoms with van der Waals surface area (Å²) in [6.45, 7) is 2.18. The molecular formula is C17H23N3O4. The second-order valence-electron chi connectivity index (χ2n) is 6.22. The van der Waals surface area contributed by atoms with Gasteiger partial charge in [-0.2, -0.15) is 0 Å². The Morgan fingerprint density at radius 2 is 2.12 bits per heavy atom. The maximum absolute atomic E-state index is 12.3. The summed E-state index contributed by atoms with van der Waals surface area (Å²) >= 11 is 0. The van der Waals surface area contributed by atoms with Gasteiger partial charge in [0.05, 0.1) is 6.42 Å². The van der Waals surface area contributed by atoms with Crippen LogP contribution in [0.3, 0.4) is 0 Å². The summed E-state index contributed by atoms with van der Waals surface area (Å²) in [5.41, 5.74) is 2.02. The van der Waals surface area contributed by atoms with Gasteiger partial charge < -0.3 is 25.4 Å². The molecule has 2 unspecified atom stereocenters. The third-order valence-electron chi connectivity index (χ3n) is 4.48. The average molecular weight is 333 g/mol. The first-order valence-corrected chi connectivity index (χ1v) is 8.37. The average Bonchev–Trinajstić information content (AvgIpc) is 2.77. The van der Waals surface area contributed by atoms with Crippen molar-refractivity contribution >= 4 is 17.7 Å². The lowest BCUT2D eigenvalue weighted by atomic mass is 10.0. The minimum Gasteiger partial charge on any atom is -0.465 e. The van der Waals surface area contributed by atoms with Crippen molar-refractivity contribution in [3.05, 3.63) is 29.8 Å². The number of hydrogen-bond acceptors (Lipinski definition) is 5. The van der Waals surface area contributed by atoms with E-state index >= 15 is 0 Å². The fourth-order valence-electron chi connectivity index (χ4n) is 3.27. The zero-order chi connectivity index (χ0) is 16.9. The molecule has 0 radical (unpaired) electrons. The van der Waals surface area contributed by atoms with Crippen LogP contribution >= 0.6 is 0 Å². The number of nitrogens with zero attached hydrogens (tertiary/aromatic N) is 1. The number of rotatable bonds is 3. The molecule has 0 aliphatic carbocycles. The Kier molecular flexibility index (Phi) is 5.20. The molecular weight excluding hydrogens is 310 g/mol. The highest BCUT2D eigenvalue weighted by atomic mass is 16.5. The normalized spacial score (nSPS) is 23.6. The number of anilines is 1. The Morgan fingerprint density at radius 1 is 1.29 bits per heavy atom. The van der Waals surface area contributed by atoms with Crippen LogP contribution in [0.4, 0.5) is 10.5 Å². The second-order valence-corrected chi connectivity index (χ2v) is 6.22. The number of nitrogens with one attached hydrogen (secondary N) is 2. The molecule has 0 spiro atoms. The van der Waals surface area contributed by atoms with Crippen LogP contribution < -0.4 is 10.6 Å². The van der Waals surface area contributed by atoms with E-state index in [0.29, 0.717) is 19.6 Å². The molecule has 1 amide bonds. The van der Waals surface area contributed by atoms with Gasteiger partial charge in [-0.05, 0) is 18.9 Å². The smallest absolute Gasteiger partial charge is 0.407 e. The Balaban J connectivity index is 1.60. The van der Waals surface area contributed by atoms with E-state index in [2.05, 4.69) is 10.6 Å². The molecule has 7 heteroatoms. The van der Waals surface area contributed by atoms with Crippen molar-refractivity contribution in [3.63, 3.8) is 0 Å². The number of carbonyl (C=O) groups is 2. The van der Waals surface area contributed by atoms with Gasteiger partial charge in [-0.15, -0.1) is 0 Å². The molecule has 0 bridgehead atoms. The van der Waals surface area contributed by atoms with Crippen molar-refractivity contribution in [2.24, 2.45) is 0 Å². The Labute approximate surface area is 141 Å². The Hall–Kier alpha value is -2.28. The fraction of sp³-hybridized carbons (Fsp3) is 0.529. The van der Waals surface area contributed by atoms with Gasteiger partial charge in [0.2, 0.25) is 0 Å². The van der Waals surface area contributed by atoms with Crippen molar-refractivity contribution < 1.29 is 19.4 Å². The molecule has 2 heterocycles. The van der Waals surface area contributed by atoms with E-state index in [1.54, 1.807) is 0 Å². The molecule has 1 aromatic carbocycles. The van der Waals surface area contributed by atoms with Crippen LogP contribution in [0.2, 0.25) is 0 Å². The second kappa shape index (κ2) is 7.53. The summed E-state index contributed by atoms with van der Waals surface area (Å²) in [4.78, 5) is 24.7. The van der Waals surface area contributed by atoms with E-state index in [0.717, 1.165) is 30.6 Å². The van der Waals surface area contributed by atoms with Gasteiger partial charge in [0.15, 0.2) is 0 Å². The van der Waals surface area contributed by atoms with E-state index in [-0.39, 0.29) is 24.5 Å². The van der Waals surface area contributed by atoms with Crippen molar-refractivity contribution in [1.29, 1.82) is 0 Å². The maximum Gasteiger partial charge on any atom is 0.407 e. The van der Waals surface area contributed by atoms with Gasteiger partial charge in [0, 0.05) is 43.5 Å². The quantitative estimate of drug-likeness (QED) is 0.731. The Bertz CT molecular complexity index is 607. The zero-order valence-electron chi connectivity index (χ0n) is 13.5. The predicted molar refractivity (Wildman–Crippen MR) is 89.0 cm³/mol. The first-order valence-electron chi connectivity index (χ1n) is 8.37. The number of ether oxygens (including phenoxy) is 1. The molecule has 1 saturated heterocycles. The molecule has 2 aliphatic rings. The molecule has 1 aromatic rings. The molecule has 2 aliphatic heterocycles. The Morgan fingerprint density at radius 3 is 2.96 bits per heavy atom. The summed E-state index contributed by atoms with van der Waals surface area (Å²) in [5, 5.41) is 15.6. The SMILES string of the molecule is O=C(CC1CN(C(=O)O)CCN1)OC1CCCNc2ccccc21. The highest BCUT2D eigenvalue weighted by molar-refractivity contribution is 5.71. The molecule has 0 saturated carbocycles. The van der Waals surface area contributed by atoms with E-state index in [1.807, 2.05) is 24.3 Å². The van der Waals surface area contributed by atoms with Crippen molar-refractivity contribution in [1.82, 2.24) is 10.2 Å². The third-order valence-corrected chi connectivity index (χ3v) is 4.48. The molecule has 24 heavy (non-hydrogen) atoms. The van der Waals surface area contributed by atoms with E-state index < -0.39 is 6.09 Å². The molecule has 1 fully saturated rings. The lowest BCUT2D eigenvalue weighted by Crippen LogP contribution is -2.53. The lowest BCUT2D eigenvalue weighted by molar-refractivity contribution is -0.150. The molecule has 0 aromatic heterocycles. The van der Waals surface area contributed by atoms with Crippen molar-refractivity contribution in [2.75, 3.05) is 31.5 Å². The summed E-state index contributed by atoms with van der Waals surface area (Å²) in [6, 6.07) is 7.69.